The lowest BCUT2D eigenvalue weighted by Gasteiger charge is -2.11. The van der Waals surface area contributed by atoms with E-state index in [1.54, 1.807) is 0 Å². The number of amides is 1. The quantitative estimate of drug-likeness (QED) is 0.769. The smallest absolute Gasteiger partial charge is 0.406 e. The average molecular weight is 392 g/mol. The number of ether oxygens (including phenoxy) is 1. The van der Waals surface area contributed by atoms with E-state index in [1.807, 2.05) is 0 Å². The summed E-state index contributed by atoms with van der Waals surface area (Å²) in [7, 11) is 0. The number of halogens is 5. The molecule has 23 heavy (non-hydrogen) atoms. The van der Waals surface area contributed by atoms with Crippen molar-refractivity contribution in [3.8, 4) is 5.75 Å². The van der Waals surface area contributed by atoms with Crippen LogP contribution < -0.4 is 10.1 Å². The Labute approximate surface area is 137 Å². The molecule has 0 atom stereocenters. The van der Waals surface area contributed by atoms with Gasteiger partial charge in [-0.25, -0.2) is 4.39 Å². The molecule has 0 aliphatic carbocycles. The Bertz CT molecular complexity index is 719. The summed E-state index contributed by atoms with van der Waals surface area (Å²) in [4.78, 5) is 11.9. The van der Waals surface area contributed by atoms with Gasteiger partial charge < -0.3 is 10.1 Å². The lowest BCUT2D eigenvalue weighted by atomic mass is 10.1. The van der Waals surface area contributed by atoms with E-state index >= 15 is 0 Å². The van der Waals surface area contributed by atoms with Crippen LogP contribution in [0.2, 0.25) is 0 Å². The molecule has 0 unspecified atom stereocenters. The highest BCUT2D eigenvalue weighted by Crippen LogP contribution is 2.25. The molecule has 2 aromatic carbocycles. The first kappa shape index (κ1) is 17.3. The molecule has 0 saturated heterocycles. The van der Waals surface area contributed by atoms with Crippen molar-refractivity contribution in [3.63, 3.8) is 0 Å². The van der Waals surface area contributed by atoms with E-state index in [4.69, 9.17) is 0 Å². The zero-order valence-electron chi connectivity index (χ0n) is 11.5. The van der Waals surface area contributed by atoms with Crippen molar-refractivity contribution in [2.75, 3.05) is 5.32 Å². The molecule has 1 amide bonds. The molecule has 3 nitrogen and oxygen atoms in total. The second kappa shape index (κ2) is 6.99. The minimum absolute atomic E-state index is 0.0523. The zero-order valence-corrected chi connectivity index (χ0v) is 13.0. The molecular formula is C15H10BrF4NO2. The van der Waals surface area contributed by atoms with Gasteiger partial charge in [-0.3, -0.25) is 4.79 Å². The van der Waals surface area contributed by atoms with Crippen LogP contribution in [-0.4, -0.2) is 12.3 Å². The minimum Gasteiger partial charge on any atom is -0.406 e. The van der Waals surface area contributed by atoms with Gasteiger partial charge in [0.15, 0.2) is 0 Å². The zero-order chi connectivity index (χ0) is 17.0. The Morgan fingerprint density at radius 3 is 2.57 bits per heavy atom. The van der Waals surface area contributed by atoms with Crippen molar-refractivity contribution < 1.29 is 27.1 Å². The highest BCUT2D eigenvalue weighted by molar-refractivity contribution is 9.10. The molecule has 122 valence electrons. The van der Waals surface area contributed by atoms with Gasteiger partial charge in [0.05, 0.1) is 10.9 Å². The van der Waals surface area contributed by atoms with Crippen molar-refractivity contribution in [1.29, 1.82) is 0 Å². The molecule has 0 aliphatic rings. The largest absolute Gasteiger partial charge is 0.573 e. The van der Waals surface area contributed by atoms with Crippen LogP contribution in [0.15, 0.2) is 46.9 Å². The number of rotatable bonds is 4. The second-order valence-corrected chi connectivity index (χ2v) is 5.40. The number of nitrogens with one attached hydrogen (secondary N) is 1. The van der Waals surface area contributed by atoms with E-state index in [1.165, 1.54) is 30.3 Å². The van der Waals surface area contributed by atoms with Gasteiger partial charge in [0.25, 0.3) is 0 Å². The fourth-order valence-corrected chi connectivity index (χ4v) is 2.24. The first-order valence-corrected chi connectivity index (χ1v) is 7.12. The number of benzene rings is 2. The standard InChI is InChI=1S/C15H10BrF4NO2/c16-12-6-9(4-5-13(12)17)7-14(22)21-10-2-1-3-11(8-10)23-15(18,19)20/h1-6,8H,7H2,(H,21,22). The van der Waals surface area contributed by atoms with Gasteiger partial charge in [0.2, 0.25) is 5.91 Å². The lowest BCUT2D eigenvalue weighted by molar-refractivity contribution is -0.274. The predicted octanol–water partition coefficient (Wildman–Crippen LogP) is 4.67. The number of hydrogen-bond acceptors (Lipinski definition) is 2. The summed E-state index contributed by atoms with van der Waals surface area (Å²) in [5.74, 6) is -1.33. The van der Waals surface area contributed by atoms with Crippen LogP contribution >= 0.6 is 15.9 Å². The highest BCUT2D eigenvalue weighted by atomic mass is 79.9. The lowest BCUT2D eigenvalue weighted by Crippen LogP contribution is -2.18. The summed E-state index contributed by atoms with van der Waals surface area (Å²) >= 11 is 3.01. The van der Waals surface area contributed by atoms with E-state index in [9.17, 15) is 22.4 Å². The Morgan fingerprint density at radius 1 is 1.17 bits per heavy atom. The van der Waals surface area contributed by atoms with Crippen molar-refractivity contribution >= 4 is 27.5 Å². The van der Waals surface area contributed by atoms with Gasteiger partial charge in [0, 0.05) is 11.8 Å². The first-order valence-electron chi connectivity index (χ1n) is 6.32. The summed E-state index contributed by atoms with van der Waals surface area (Å²) in [6.07, 6.45) is -4.85. The summed E-state index contributed by atoms with van der Waals surface area (Å²) < 4.78 is 53.6. The van der Waals surface area contributed by atoms with E-state index in [0.29, 0.717) is 5.56 Å². The molecule has 0 heterocycles. The van der Waals surface area contributed by atoms with E-state index in [2.05, 4.69) is 26.0 Å². The van der Waals surface area contributed by atoms with Crippen LogP contribution in [0.3, 0.4) is 0 Å². The minimum atomic E-state index is -4.80. The van der Waals surface area contributed by atoms with Gasteiger partial charge in [0.1, 0.15) is 11.6 Å². The van der Waals surface area contributed by atoms with Crippen molar-refractivity contribution in [2.24, 2.45) is 0 Å². The predicted molar refractivity (Wildman–Crippen MR) is 79.6 cm³/mol. The van der Waals surface area contributed by atoms with Crippen LogP contribution in [-0.2, 0) is 11.2 Å². The molecule has 0 spiro atoms. The molecule has 2 aromatic rings. The number of hydrogen-bond donors (Lipinski definition) is 1. The molecule has 0 radical (unpaired) electrons. The maximum atomic E-state index is 13.1. The molecule has 0 aromatic heterocycles. The van der Waals surface area contributed by atoms with Gasteiger partial charge in [-0.15, -0.1) is 13.2 Å². The molecule has 0 saturated carbocycles. The maximum Gasteiger partial charge on any atom is 0.573 e. The third-order valence-corrected chi connectivity index (χ3v) is 3.31. The normalized spacial score (nSPS) is 11.2. The number of carbonyl (C=O) groups is 1. The molecule has 8 heteroatoms. The Morgan fingerprint density at radius 2 is 1.91 bits per heavy atom. The van der Waals surface area contributed by atoms with Gasteiger partial charge in [-0.2, -0.15) is 0 Å². The number of carbonyl (C=O) groups excluding carboxylic acids is 1. The Kier molecular flexibility index (Phi) is 5.25. The summed E-state index contributed by atoms with van der Waals surface area (Å²) in [6, 6.07) is 9.06. The molecule has 1 N–H and O–H groups in total. The summed E-state index contributed by atoms with van der Waals surface area (Å²) in [5.41, 5.74) is 0.719. The Hall–Kier alpha value is -2.09. The topological polar surface area (TPSA) is 38.3 Å². The SMILES string of the molecule is O=C(Cc1ccc(F)c(Br)c1)Nc1cccc(OC(F)(F)F)c1. The monoisotopic (exact) mass is 391 g/mol. The van der Waals surface area contributed by atoms with Crippen LogP contribution in [0, 0.1) is 5.82 Å². The fraction of sp³-hybridized carbons (Fsp3) is 0.133. The number of alkyl halides is 3. The highest BCUT2D eigenvalue weighted by Gasteiger charge is 2.31. The molecular weight excluding hydrogens is 382 g/mol. The van der Waals surface area contributed by atoms with Crippen LogP contribution in [0.1, 0.15) is 5.56 Å². The van der Waals surface area contributed by atoms with Crippen LogP contribution in [0.25, 0.3) is 0 Å². The maximum absolute atomic E-state index is 13.1. The molecule has 2 rings (SSSR count). The third-order valence-electron chi connectivity index (χ3n) is 2.70. The average Bonchev–Trinajstić information content (AvgIpc) is 2.41. The van der Waals surface area contributed by atoms with Gasteiger partial charge >= 0.3 is 6.36 Å². The van der Waals surface area contributed by atoms with Gasteiger partial charge in [-0.05, 0) is 45.8 Å². The Balaban J connectivity index is 2.02. The van der Waals surface area contributed by atoms with Crippen molar-refractivity contribution in [3.05, 3.63) is 58.3 Å². The summed E-state index contributed by atoms with van der Waals surface area (Å²) in [5, 5.41) is 2.46. The number of anilines is 1. The van der Waals surface area contributed by atoms with E-state index < -0.39 is 23.8 Å². The third kappa shape index (κ3) is 5.55. The van der Waals surface area contributed by atoms with Crippen LogP contribution in [0.5, 0.6) is 5.75 Å². The first-order chi connectivity index (χ1) is 10.7. The molecule has 0 fully saturated rings. The van der Waals surface area contributed by atoms with E-state index in [0.717, 1.165) is 12.1 Å². The van der Waals surface area contributed by atoms with Gasteiger partial charge in [-0.1, -0.05) is 12.1 Å². The van der Waals surface area contributed by atoms with E-state index in [-0.39, 0.29) is 16.6 Å². The fourth-order valence-electron chi connectivity index (χ4n) is 1.81. The second-order valence-electron chi connectivity index (χ2n) is 4.55. The van der Waals surface area contributed by atoms with Crippen molar-refractivity contribution in [1.82, 2.24) is 0 Å². The van der Waals surface area contributed by atoms with Crippen molar-refractivity contribution in [2.45, 2.75) is 12.8 Å². The van der Waals surface area contributed by atoms with Crippen LogP contribution in [0.4, 0.5) is 23.2 Å². The summed E-state index contributed by atoms with van der Waals surface area (Å²) in [6.45, 7) is 0. The molecule has 0 aliphatic heterocycles. The molecule has 0 bridgehead atoms.